The molecule has 2 N–H and O–H groups in total. The van der Waals surface area contributed by atoms with Gasteiger partial charge in [-0.1, -0.05) is 0 Å². The molecule has 1 spiro atoms. The minimum atomic E-state index is -4.47. The zero-order valence-corrected chi connectivity index (χ0v) is 17.4. The number of rotatable bonds is 5. The van der Waals surface area contributed by atoms with E-state index in [0.717, 1.165) is 49.9 Å². The van der Waals surface area contributed by atoms with Crippen molar-refractivity contribution < 1.29 is 22.8 Å². The Morgan fingerprint density at radius 3 is 2.59 bits per heavy atom. The third-order valence-corrected chi connectivity index (χ3v) is 7.75. The predicted molar refractivity (Wildman–Crippen MR) is 110 cm³/mol. The van der Waals surface area contributed by atoms with Crippen molar-refractivity contribution in [3.63, 3.8) is 0 Å². The standard InChI is InChI=1S/C22H24F3N5O2/c23-22(24,25)11-30-17-4-3-13(26-19(31)12-1-2-12)9-14(17)18(28-30)20(32)27-16-10-29-8-7-21(29)6-5-15(16)21/h3-4,9,12,15-16H,1-2,5-8,10-11H2,(H,26,31)(H,27,32)/t15-,16-,21?/m1/s1. The summed E-state index contributed by atoms with van der Waals surface area (Å²) in [5.74, 6) is -0.180. The number of hydrogen-bond donors (Lipinski definition) is 2. The normalized spacial score (nSPS) is 29.1. The molecule has 4 fully saturated rings. The summed E-state index contributed by atoms with van der Waals surface area (Å²) < 4.78 is 40.2. The number of carbonyl (C=O) groups excluding carboxylic acids is 2. The van der Waals surface area contributed by atoms with Crippen LogP contribution >= 0.6 is 0 Å². The second kappa shape index (κ2) is 6.69. The van der Waals surface area contributed by atoms with Crippen molar-refractivity contribution in [1.29, 1.82) is 0 Å². The van der Waals surface area contributed by atoms with Crippen LogP contribution in [0.2, 0.25) is 0 Å². The first kappa shape index (κ1) is 20.0. The van der Waals surface area contributed by atoms with Crippen LogP contribution < -0.4 is 10.6 Å². The molecule has 170 valence electrons. The number of hydrogen-bond acceptors (Lipinski definition) is 4. The molecule has 2 aliphatic heterocycles. The molecule has 2 aliphatic carbocycles. The van der Waals surface area contributed by atoms with Gasteiger partial charge in [0.2, 0.25) is 5.91 Å². The second-order valence-corrected chi connectivity index (χ2v) is 9.64. The Morgan fingerprint density at radius 1 is 1.19 bits per heavy atom. The molecule has 1 unspecified atom stereocenters. The zero-order valence-electron chi connectivity index (χ0n) is 17.4. The molecule has 1 aromatic carbocycles. The van der Waals surface area contributed by atoms with Crippen molar-refractivity contribution in [2.75, 3.05) is 18.4 Å². The van der Waals surface area contributed by atoms with Gasteiger partial charge in [0.25, 0.3) is 5.91 Å². The molecule has 2 saturated heterocycles. The largest absolute Gasteiger partial charge is 0.408 e. The van der Waals surface area contributed by atoms with Gasteiger partial charge < -0.3 is 10.6 Å². The molecule has 3 heterocycles. The fraction of sp³-hybridized carbons (Fsp3) is 0.591. The molecule has 0 radical (unpaired) electrons. The van der Waals surface area contributed by atoms with Crippen LogP contribution in [0.15, 0.2) is 18.2 Å². The lowest BCUT2D eigenvalue weighted by atomic mass is 9.61. The van der Waals surface area contributed by atoms with Crippen LogP contribution in [0.25, 0.3) is 10.9 Å². The van der Waals surface area contributed by atoms with E-state index in [1.165, 1.54) is 6.07 Å². The van der Waals surface area contributed by atoms with Crippen molar-refractivity contribution in [2.24, 2.45) is 11.8 Å². The molecule has 32 heavy (non-hydrogen) atoms. The van der Waals surface area contributed by atoms with Crippen molar-refractivity contribution in [3.05, 3.63) is 23.9 Å². The number of nitrogens with one attached hydrogen (secondary N) is 2. The number of benzene rings is 1. The minimum absolute atomic E-state index is 0.0102. The van der Waals surface area contributed by atoms with Crippen LogP contribution in [0.4, 0.5) is 18.9 Å². The lowest BCUT2D eigenvalue weighted by Crippen LogP contribution is -2.64. The smallest absolute Gasteiger partial charge is 0.346 e. The van der Waals surface area contributed by atoms with Crippen LogP contribution in [0, 0.1) is 11.8 Å². The molecule has 1 aromatic heterocycles. The Morgan fingerprint density at radius 2 is 2.00 bits per heavy atom. The number of fused-ring (bicyclic) bond motifs is 1. The fourth-order valence-corrected chi connectivity index (χ4v) is 5.81. The Bertz CT molecular complexity index is 1120. The zero-order chi connectivity index (χ0) is 22.3. The predicted octanol–water partition coefficient (Wildman–Crippen LogP) is 2.91. The highest BCUT2D eigenvalue weighted by Gasteiger charge is 2.63. The van der Waals surface area contributed by atoms with Gasteiger partial charge in [0.15, 0.2) is 5.69 Å². The third kappa shape index (κ3) is 3.10. The molecule has 0 bridgehead atoms. The van der Waals surface area contributed by atoms with E-state index in [9.17, 15) is 22.8 Å². The molecule has 10 heteroatoms. The minimum Gasteiger partial charge on any atom is -0.346 e. The van der Waals surface area contributed by atoms with E-state index in [4.69, 9.17) is 0 Å². The summed E-state index contributed by atoms with van der Waals surface area (Å²) in [6.45, 7) is 0.532. The Balaban J connectivity index is 1.31. The SMILES string of the molecule is O=C(N[C@@H]1CN2CCC23CC[C@H]13)c1nn(CC(F)(F)F)c2ccc(NC(=O)C3CC3)cc12. The van der Waals surface area contributed by atoms with Crippen molar-refractivity contribution in [1.82, 2.24) is 20.0 Å². The van der Waals surface area contributed by atoms with Gasteiger partial charge >= 0.3 is 6.18 Å². The van der Waals surface area contributed by atoms with Crippen molar-refractivity contribution in [2.45, 2.75) is 56.4 Å². The number of carbonyl (C=O) groups is 2. The Hall–Kier alpha value is -2.62. The van der Waals surface area contributed by atoms with E-state index < -0.39 is 18.6 Å². The molecule has 2 saturated carbocycles. The third-order valence-electron chi connectivity index (χ3n) is 7.75. The van der Waals surface area contributed by atoms with Gasteiger partial charge in [-0.15, -0.1) is 0 Å². The highest BCUT2D eigenvalue weighted by molar-refractivity contribution is 6.06. The monoisotopic (exact) mass is 447 g/mol. The van der Waals surface area contributed by atoms with Crippen molar-refractivity contribution >= 4 is 28.4 Å². The first-order valence-electron chi connectivity index (χ1n) is 11.2. The topological polar surface area (TPSA) is 79.3 Å². The average Bonchev–Trinajstić information content (AvgIpc) is 3.44. The molecule has 3 atom stereocenters. The van der Waals surface area contributed by atoms with E-state index in [2.05, 4.69) is 20.6 Å². The Kier molecular flexibility index (Phi) is 4.19. The Labute approximate surface area is 182 Å². The lowest BCUT2D eigenvalue weighted by Gasteiger charge is -2.58. The molecule has 2 amide bonds. The number of alkyl halides is 3. The number of amides is 2. The number of aromatic nitrogens is 2. The van der Waals surface area contributed by atoms with E-state index in [0.29, 0.717) is 17.0 Å². The highest BCUT2D eigenvalue weighted by Crippen LogP contribution is 2.57. The second-order valence-electron chi connectivity index (χ2n) is 9.64. The summed E-state index contributed by atoms with van der Waals surface area (Å²) in [6, 6.07) is 4.57. The van der Waals surface area contributed by atoms with Gasteiger partial charge in [0.1, 0.15) is 6.54 Å². The van der Waals surface area contributed by atoms with Gasteiger partial charge in [-0.2, -0.15) is 18.3 Å². The van der Waals surface area contributed by atoms with Gasteiger partial charge in [0, 0.05) is 41.7 Å². The lowest BCUT2D eigenvalue weighted by molar-refractivity contribution is -0.141. The molecule has 4 aliphatic rings. The van der Waals surface area contributed by atoms with Crippen molar-refractivity contribution in [3.8, 4) is 0 Å². The van der Waals surface area contributed by atoms with Gasteiger partial charge in [-0.05, 0) is 56.2 Å². The maximum atomic E-state index is 13.2. The summed E-state index contributed by atoms with van der Waals surface area (Å²) in [7, 11) is 0. The van der Waals surface area contributed by atoms with E-state index in [-0.39, 0.29) is 34.6 Å². The van der Waals surface area contributed by atoms with E-state index >= 15 is 0 Å². The summed E-state index contributed by atoms with van der Waals surface area (Å²) in [6.07, 6.45) is 0.566. The quantitative estimate of drug-likeness (QED) is 0.739. The van der Waals surface area contributed by atoms with Crippen LogP contribution in [-0.4, -0.2) is 57.3 Å². The van der Waals surface area contributed by atoms with Gasteiger partial charge in [-0.25, -0.2) is 0 Å². The first-order chi connectivity index (χ1) is 15.2. The number of anilines is 1. The molecular formula is C22H24F3N5O2. The number of halogens is 3. The van der Waals surface area contributed by atoms with Crippen LogP contribution in [-0.2, 0) is 11.3 Å². The maximum Gasteiger partial charge on any atom is 0.408 e. The van der Waals surface area contributed by atoms with Gasteiger partial charge in [0.05, 0.1) is 5.52 Å². The first-order valence-corrected chi connectivity index (χ1v) is 11.2. The summed E-state index contributed by atoms with van der Waals surface area (Å²) in [5.41, 5.74) is 0.871. The molecule has 7 nitrogen and oxygen atoms in total. The molecule has 2 aromatic rings. The van der Waals surface area contributed by atoms with E-state index in [1.54, 1.807) is 12.1 Å². The highest BCUT2D eigenvalue weighted by atomic mass is 19.4. The van der Waals surface area contributed by atoms with Gasteiger partial charge in [-0.3, -0.25) is 19.2 Å². The summed E-state index contributed by atoms with van der Waals surface area (Å²) >= 11 is 0. The fourth-order valence-electron chi connectivity index (χ4n) is 5.81. The summed E-state index contributed by atoms with van der Waals surface area (Å²) in [5, 5.41) is 10.2. The maximum absolute atomic E-state index is 13.2. The van der Waals surface area contributed by atoms with Crippen LogP contribution in [0.3, 0.4) is 0 Å². The molecular weight excluding hydrogens is 423 g/mol. The average molecular weight is 447 g/mol. The summed E-state index contributed by atoms with van der Waals surface area (Å²) in [4.78, 5) is 27.7. The van der Waals surface area contributed by atoms with Crippen LogP contribution in [0.5, 0.6) is 0 Å². The van der Waals surface area contributed by atoms with E-state index in [1.807, 2.05) is 0 Å². The molecule has 6 rings (SSSR count). The number of nitrogens with zero attached hydrogens (tertiary/aromatic N) is 3. The van der Waals surface area contributed by atoms with Crippen LogP contribution in [0.1, 0.15) is 42.6 Å².